The third-order valence-electron chi connectivity index (χ3n) is 5.34. The predicted octanol–water partition coefficient (Wildman–Crippen LogP) is 2.87. The average Bonchev–Trinajstić information content (AvgIpc) is 2.73. The summed E-state index contributed by atoms with van der Waals surface area (Å²) in [6, 6.07) is 0.928. The van der Waals surface area contributed by atoms with E-state index < -0.39 is 5.60 Å². The highest BCUT2D eigenvalue weighted by Crippen LogP contribution is 2.40. The summed E-state index contributed by atoms with van der Waals surface area (Å²) in [5.74, 6) is 0.680. The number of fused-ring (bicyclic) bond motifs is 2. The number of rotatable bonds is 5. The van der Waals surface area contributed by atoms with Crippen molar-refractivity contribution in [2.45, 2.75) is 83.5 Å². The van der Waals surface area contributed by atoms with Crippen LogP contribution in [0.1, 0.15) is 59.8 Å². The van der Waals surface area contributed by atoms with Gasteiger partial charge < -0.3 is 19.6 Å². The lowest BCUT2D eigenvalue weighted by Gasteiger charge is -2.40. The number of ether oxygens (including phenoxy) is 1. The first-order chi connectivity index (χ1) is 10.7. The second-order valence-corrected chi connectivity index (χ2v) is 8.41. The van der Waals surface area contributed by atoms with Crippen LogP contribution in [-0.2, 0) is 4.74 Å². The Kier molecular flexibility index (Phi) is 5.95. The van der Waals surface area contributed by atoms with E-state index in [0.717, 1.165) is 38.6 Å². The Hall–Kier alpha value is -0.810. The van der Waals surface area contributed by atoms with Crippen molar-refractivity contribution in [3.63, 3.8) is 0 Å². The first kappa shape index (κ1) is 18.5. The zero-order valence-corrected chi connectivity index (χ0v) is 15.4. The van der Waals surface area contributed by atoms with Gasteiger partial charge in [-0.3, -0.25) is 0 Å². The summed E-state index contributed by atoms with van der Waals surface area (Å²) < 4.78 is 5.59. The van der Waals surface area contributed by atoms with E-state index in [2.05, 4.69) is 18.9 Å². The monoisotopic (exact) mass is 326 g/mol. The smallest absolute Gasteiger partial charge is 0.410 e. The molecule has 0 spiro atoms. The highest BCUT2D eigenvalue weighted by atomic mass is 16.6. The molecule has 0 radical (unpaired) electrons. The van der Waals surface area contributed by atoms with Gasteiger partial charge in [-0.1, -0.05) is 0 Å². The van der Waals surface area contributed by atoms with Gasteiger partial charge >= 0.3 is 6.09 Å². The number of hydrogen-bond acceptors (Lipinski definition) is 4. The fourth-order valence-corrected chi connectivity index (χ4v) is 3.88. The van der Waals surface area contributed by atoms with Gasteiger partial charge in [-0.05, 0) is 79.3 Å². The molecule has 5 nitrogen and oxygen atoms in total. The Morgan fingerprint density at radius 2 is 1.87 bits per heavy atom. The van der Waals surface area contributed by atoms with Gasteiger partial charge in [0.1, 0.15) is 5.60 Å². The number of aliphatic hydroxyl groups is 1. The molecule has 134 valence electrons. The molecule has 2 fully saturated rings. The Morgan fingerprint density at radius 3 is 2.35 bits per heavy atom. The number of likely N-dealkylation sites (N-methyl/N-ethyl adjacent to an activating group) is 1. The molecular weight excluding hydrogens is 292 g/mol. The fraction of sp³-hybridized carbons (Fsp3) is 0.944. The lowest BCUT2D eigenvalue weighted by molar-refractivity contribution is 0.000891. The molecule has 2 rings (SSSR count). The van der Waals surface area contributed by atoms with E-state index in [1.54, 1.807) is 0 Å². The predicted molar refractivity (Wildman–Crippen MR) is 91.4 cm³/mol. The number of carbonyl (C=O) groups excluding carboxylic acids is 1. The van der Waals surface area contributed by atoms with E-state index in [1.165, 1.54) is 0 Å². The Labute approximate surface area is 141 Å². The lowest BCUT2D eigenvalue weighted by atomic mass is 9.88. The maximum atomic E-state index is 12.4. The van der Waals surface area contributed by atoms with E-state index in [9.17, 15) is 9.90 Å². The molecule has 2 bridgehead atoms. The molecule has 2 aliphatic heterocycles. The minimum atomic E-state index is -0.420. The van der Waals surface area contributed by atoms with Gasteiger partial charge in [0, 0.05) is 18.1 Å². The van der Waals surface area contributed by atoms with Gasteiger partial charge in [-0.2, -0.15) is 0 Å². The van der Waals surface area contributed by atoms with Crippen LogP contribution in [0.25, 0.3) is 0 Å². The van der Waals surface area contributed by atoms with Crippen molar-refractivity contribution in [2.75, 3.05) is 20.2 Å². The topological polar surface area (TPSA) is 53.0 Å². The maximum absolute atomic E-state index is 12.4. The van der Waals surface area contributed by atoms with Crippen molar-refractivity contribution in [1.82, 2.24) is 9.80 Å². The van der Waals surface area contributed by atoms with Crippen LogP contribution in [0.15, 0.2) is 0 Å². The molecule has 2 heterocycles. The summed E-state index contributed by atoms with van der Waals surface area (Å²) in [4.78, 5) is 16.7. The molecule has 1 N–H and O–H groups in total. The molecule has 3 atom stereocenters. The minimum Gasteiger partial charge on any atom is -0.444 e. The molecule has 0 aromatic heterocycles. The summed E-state index contributed by atoms with van der Waals surface area (Å²) in [6.07, 6.45) is 5.44. The largest absolute Gasteiger partial charge is 0.444 e. The zero-order valence-electron chi connectivity index (χ0n) is 15.4. The molecule has 5 heteroatoms. The second-order valence-electron chi connectivity index (χ2n) is 8.41. The number of carbonyl (C=O) groups is 1. The van der Waals surface area contributed by atoms with Crippen molar-refractivity contribution in [3.8, 4) is 0 Å². The number of nitrogens with zero attached hydrogens (tertiary/aromatic N) is 2. The van der Waals surface area contributed by atoms with Crippen LogP contribution in [0.4, 0.5) is 4.79 Å². The standard InChI is InChI=1S/C18H34N2O3/c1-13(12-21)19(5)9-8-14-10-15-6-7-16(11-14)20(15)17(22)23-18(2,3)4/h13-16,21H,6-12H2,1-5H3/t13-,14?,15?,16?/m1/s1. The Bertz CT molecular complexity index is 394. The van der Waals surface area contributed by atoms with Crippen LogP contribution in [0.3, 0.4) is 0 Å². The molecule has 23 heavy (non-hydrogen) atoms. The van der Waals surface area contributed by atoms with Crippen molar-refractivity contribution < 1.29 is 14.6 Å². The summed E-state index contributed by atoms with van der Waals surface area (Å²) in [7, 11) is 2.07. The van der Waals surface area contributed by atoms with Crippen LogP contribution >= 0.6 is 0 Å². The van der Waals surface area contributed by atoms with E-state index in [4.69, 9.17) is 4.74 Å². The van der Waals surface area contributed by atoms with Gasteiger partial charge in [0.25, 0.3) is 0 Å². The fourth-order valence-electron chi connectivity index (χ4n) is 3.88. The number of hydrogen-bond donors (Lipinski definition) is 1. The quantitative estimate of drug-likeness (QED) is 0.844. The molecule has 0 aliphatic carbocycles. The molecule has 1 amide bonds. The Morgan fingerprint density at radius 1 is 1.30 bits per heavy atom. The van der Waals surface area contributed by atoms with E-state index in [0.29, 0.717) is 18.0 Å². The van der Waals surface area contributed by atoms with Crippen LogP contribution in [0.2, 0.25) is 0 Å². The van der Waals surface area contributed by atoms with Gasteiger partial charge in [0.05, 0.1) is 6.61 Å². The van der Waals surface area contributed by atoms with Crippen molar-refractivity contribution in [3.05, 3.63) is 0 Å². The lowest BCUT2D eigenvalue weighted by Crippen LogP contribution is -2.48. The molecule has 2 unspecified atom stereocenters. The van der Waals surface area contributed by atoms with Crippen molar-refractivity contribution in [1.29, 1.82) is 0 Å². The summed E-state index contributed by atoms with van der Waals surface area (Å²) in [5, 5.41) is 9.23. The first-order valence-electron chi connectivity index (χ1n) is 9.03. The highest BCUT2D eigenvalue weighted by molar-refractivity contribution is 5.69. The van der Waals surface area contributed by atoms with Crippen LogP contribution in [0.5, 0.6) is 0 Å². The zero-order chi connectivity index (χ0) is 17.2. The molecule has 2 saturated heterocycles. The molecule has 2 aliphatic rings. The number of piperidine rings is 1. The maximum Gasteiger partial charge on any atom is 0.410 e. The van der Waals surface area contributed by atoms with Gasteiger partial charge in [0.15, 0.2) is 0 Å². The third-order valence-corrected chi connectivity index (χ3v) is 5.34. The molecule has 0 aromatic rings. The van der Waals surface area contributed by atoms with E-state index in [1.807, 2.05) is 25.7 Å². The SMILES string of the molecule is C[C@H](CO)N(C)CCC1CC2CCC(C1)N2C(=O)OC(C)(C)C. The van der Waals surface area contributed by atoms with Crippen LogP contribution < -0.4 is 0 Å². The minimum absolute atomic E-state index is 0.130. The van der Waals surface area contributed by atoms with Gasteiger partial charge in [0.2, 0.25) is 0 Å². The normalized spacial score (nSPS) is 29.0. The third kappa shape index (κ3) is 4.83. The van der Waals surface area contributed by atoms with Crippen LogP contribution in [0, 0.1) is 5.92 Å². The van der Waals surface area contributed by atoms with Crippen LogP contribution in [-0.4, -0.2) is 64.9 Å². The van der Waals surface area contributed by atoms with Crippen molar-refractivity contribution in [2.24, 2.45) is 5.92 Å². The summed E-state index contributed by atoms with van der Waals surface area (Å²) in [5.41, 5.74) is -0.420. The van der Waals surface area contributed by atoms with Crippen molar-refractivity contribution >= 4 is 6.09 Å². The first-order valence-corrected chi connectivity index (χ1v) is 9.03. The Balaban J connectivity index is 1.86. The molecule has 0 aromatic carbocycles. The molecular formula is C18H34N2O3. The average molecular weight is 326 g/mol. The summed E-state index contributed by atoms with van der Waals surface area (Å²) in [6.45, 7) is 9.05. The highest BCUT2D eigenvalue weighted by Gasteiger charge is 2.44. The van der Waals surface area contributed by atoms with Gasteiger partial charge in [-0.15, -0.1) is 0 Å². The summed E-state index contributed by atoms with van der Waals surface area (Å²) >= 11 is 0. The number of amides is 1. The van der Waals surface area contributed by atoms with E-state index >= 15 is 0 Å². The number of aliphatic hydroxyl groups excluding tert-OH is 1. The second kappa shape index (κ2) is 7.39. The van der Waals surface area contributed by atoms with E-state index in [-0.39, 0.29) is 18.7 Å². The molecule has 0 saturated carbocycles. The van der Waals surface area contributed by atoms with Gasteiger partial charge in [-0.25, -0.2) is 4.79 Å².